The average Bonchev–Trinajstić information content (AvgIpc) is 3.03. The molecule has 1 aromatic heterocycles. The maximum Gasteiger partial charge on any atom is 0.352 e. The molecule has 2 atom stereocenters. The molecule has 2 aromatic rings. The summed E-state index contributed by atoms with van der Waals surface area (Å²) >= 11 is 3.28. The number of nitrogens with two attached hydrogens (primary N) is 1. The van der Waals surface area contributed by atoms with Gasteiger partial charge in [0.2, 0.25) is 11.5 Å². The van der Waals surface area contributed by atoms with Gasteiger partial charge in [-0.15, -0.1) is 0 Å². The van der Waals surface area contributed by atoms with Gasteiger partial charge < -0.3 is 15.6 Å². The smallest absolute Gasteiger partial charge is 0.352 e. The normalized spacial score (nSPS) is 22.9. The second-order valence-corrected chi connectivity index (χ2v) is 6.63. The van der Waals surface area contributed by atoms with Crippen LogP contribution >= 0.6 is 15.9 Å². The summed E-state index contributed by atoms with van der Waals surface area (Å²) in [7, 11) is 0. The van der Waals surface area contributed by atoms with E-state index in [0.717, 1.165) is 10.8 Å². The summed E-state index contributed by atoms with van der Waals surface area (Å²) in [5.74, 6) is -2.02. The van der Waals surface area contributed by atoms with Crippen LogP contribution in [-0.2, 0) is 10.5 Å². The Labute approximate surface area is 150 Å². The van der Waals surface area contributed by atoms with Gasteiger partial charge in [0.05, 0.1) is 18.9 Å². The maximum absolute atomic E-state index is 13.9. The fourth-order valence-corrected chi connectivity index (χ4v) is 3.29. The Morgan fingerprint density at radius 1 is 1.56 bits per heavy atom. The van der Waals surface area contributed by atoms with Crippen molar-refractivity contribution in [1.82, 2.24) is 9.55 Å². The van der Waals surface area contributed by atoms with Crippen molar-refractivity contribution in [2.75, 3.05) is 12.3 Å². The van der Waals surface area contributed by atoms with Crippen molar-refractivity contribution in [1.29, 1.82) is 0 Å². The van der Waals surface area contributed by atoms with Crippen molar-refractivity contribution in [3.63, 3.8) is 0 Å². The largest absolute Gasteiger partial charge is 0.394 e. The van der Waals surface area contributed by atoms with Crippen molar-refractivity contribution in [3.05, 3.63) is 56.8 Å². The molecule has 0 unspecified atom stereocenters. The highest BCUT2D eigenvalue weighted by atomic mass is 79.9. The number of nitrogens with zero attached hydrogens (tertiary/aromatic N) is 2. The molecule has 0 saturated carbocycles. The fraction of sp³-hybridized carbons (Fsp3) is 0.312. The Kier molecular flexibility index (Phi) is 4.72. The van der Waals surface area contributed by atoms with Crippen LogP contribution in [-0.4, -0.2) is 33.2 Å². The Bertz CT molecular complexity index is 888. The first-order valence-electron chi connectivity index (χ1n) is 7.51. The van der Waals surface area contributed by atoms with E-state index >= 15 is 0 Å². The first-order valence-corrected chi connectivity index (χ1v) is 8.31. The number of benzene rings is 1. The maximum atomic E-state index is 13.9. The molecule has 1 aliphatic rings. The highest BCUT2D eigenvalue weighted by molar-refractivity contribution is 9.10. The van der Waals surface area contributed by atoms with Crippen LogP contribution in [0.15, 0.2) is 39.7 Å². The van der Waals surface area contributed by atoms with Crippen molar-refractivity contribution < 1.29 is 19.0 Å². The summed E-state index contributed by atoms with van der Waals surface area (Å²) in [6.07, 6.45) is 0.590. The van der Waals surface area contributed by atoms with Gasteiger partial charge in [-0.2, -0.15) is 4.98 Å². The summed E-state index contributed by atoms with van der Waals surface area (Å²) < 4.78 is 21.1. The second-order valence-electron chi connectivity index (χ2n) is 5.71. The molecule has 3 N–H and O–H groups in total. The predicted molar refractivity (Wildman–Crippen MR) is 90.5 cm³/mol. The number of hydrogen-bond acceptors (Lipinski definition) is 6. The number of anilines is 1. The lowest BCUT2D eigenvalue weighted by Gasteiger charge is -2.30. The van der Waals surface area contributed by atoms with E-state index < -0.39 is 34.9 Å². The van der Waals surface area contributed by atoms with Crippen LogP contribution in [0.4, 0.5) is 10.2 Å². The number of Topliss-reactive ketones (excluding diaryl/α,β-unsaturated/α-hetero) is 1. The predicted octanol–water partition coefficient (Wildman–Crippen LogP) is 1.43. The van der Waals surface area contributed by atoms with Gasteiger partial charge in [-0.3, -0.25) is 9.36 Å². The highest BCUT2D eigenvalue weighted by Gasteiger charge is 2.49. The van der Waals surface area contributed by atoms with Crippen molar-refractivity contribution >= 4 is 27.5 Å². The van der Waals surface area contributed by atoms with Gasteiger partial charge in [0.15, 0.2) is 11.6 Å². The number of ketones is 1. The number of hydrogen-bond donors (Lipinski definition) is 2. The number of carbonyl (C=O) groups excluding carboxylic acids is 1. The third-order valence-electron chi connectivity index (χ3n) is 4.11. The summed E-state index contributed by atoms with van der Waals surface area (Å²) in [5.41, 5.74) is 2.91. The molecule has 0 aliphatic carbocycles. The lowest BCUT2D eigenvalue weighted by molar-refractivity contribution is -0.0857. The second kappa shape index (κ2) is 6.66. The number of ether oxygens (including phenoxy) is 1. The minimum absolute atomic E-state index is 0.0918. The number of nitrogen functional groups attached to an aromatic ring is 1. The highest BCUT2D eigenvalue weighted by Crippen LogP contribution is 2.37. The molecule has 7 nitrogen and oxygen atoms in total. The van der Waals surface area contributed by atoms with Gasteiger partial charge in [0, 0.05) is 16.5 Å². The zero-order chi connectivity index (χ0) is 18.2. The van der Waals surface area contributed by atoms with Crippen LogP contribution in [0.1, 0.15) is 23.2 Å². The Morgan fingerprint density at radius 2 is 2.32 bits per heavy atom. The fourth-order valence-electron chi connectivity index (χ4n) is 2.89. The van der Waals surface area contributed by atoms with Crippen molar-refractivity contribution in [3.8, 4) is 0 Å². The van der Waals surface area contributed by atoms with E-state index in [4.69, 9.17) is 10.5 Å². The molecule has 1 saturated heterocycles. The van der Waals surface area contributed by atoms with Crippen molar-refractivity contribution in [2.45, 2.75) is 24.7 Å². The lowest BCUT2D eigenvalue weighted by Crippen LogP contribution is -2.48. The van der Waals surface area contributed by atoms with Crippen LogP contribution < -0.4 is 11.4 Å². The van der Waals surface area contributed by atoms with E-state index in [-0.39, 0.29) is 18.6 Å². The quantitative estimate of drug-likeness (QED) is 0.736. The van der Waals surface area contributed by atoms with Gasteiger partial charge in [0.25, 0.3) is 0 Å². The molecule has 0 radical (unpaired) electrons. The topological polar surface area (TPSA) is 107 Å². The van der Waals surface area contributed by atoms with E-state index in [1.807, 2.05) is 0 Å². The molecule has 1 aromatic carbocycles. The van der Waals surface area contributed by atoms with Crippen molar-refractivity contribution in [2.24, 2.45) is 0 Å². The van der Waals surface area contributed by atoms with E-state index in [2.05, 4.69) is 20.9 Å². The van der Waals surface area contributed by atoms with Crippen LogP contribution in [0.25, 0.3) is 0 Å². The van der Waals surface area contributed by atoms with Crippen LogP contribution in [0, 0.1) is 5.82 Å². The Balaban J connectivity index is 2.17. The average molecular weight is 412 g/mol. The molecule has 0 spiro atoms. The monoisotopic (exact) mass is 411 g/mol. The Morgan fingerprint density at radius 3 is 2.96 bits per heavy atom. The van der Waals surface area contributed by atoms with Crippen LogP contribution in [0.5, 0.6) is 0 Å². The first kappa shape index (κ1) is 17.7. The van der Waals surface area contributed by atoms with Crippen LogP contribution in [0.2, 0.25) is 0 Å². The lowest BCUT2D eigenvalue weighted by atomic mass is 9.97. The third-order valence-corrected chi connectivity index (χ3v) is 4.60. The van der Waals surface area contributed by atoms with Gasteiger partial charge in [-0.25, -0.2) is 9.18 Å². The van der Waals surface area contributed by atoms with Gasteiger partial charge in [-0.05, 0) is 18.6 Å². The number of rotatable bonds is 4. The summed E-state index contributed by atoms with van der Waals surface area (Å²) in [5, 5.41) is 9.37. The molecule has 9 heteroatoms. The molecular weight excluding hydrogens is 397 g/mol. The van der Waals surface area contributed by atoms with E-state index in [0.29, 0.717) is 10.9 Å². The summed E-state index contributed by atoms with van der Waals surface area (Å²) in [6, 6.07) is 6.54. The molecule has 0 bridgehead atoms. The van der Waals surface area contributed by atoms with Gasteiger partial charge in [-0.1, -0.05) is 28.1 Å². The summed E-state index contributed by atoms with van der Waals surface area (Å²) in [4.78, 5) is 28.9. The molecule has 3 rings (SSSR count). The summed E-state index contributed by atoms with van der Waals surface area (Å²) in [6.45, 7) is -0.326. The number of halogens is 2. The van der Waals surface area contributed by atoms with E-state index in [1.54, 1.807) is 24.3 Å². The van der Waals surface area contributed by atoms with E-state index in [9.17, 15) is 19.1 Å². The number of aromatic nitrogens is 2. The third kappa shape index (κ3) is 3.10. The molecule has 25 heavy (non-hydrogen) atoms. The molecule has 132 valence electrons. The number of aliphatic hydroxyl groups is 1. The minimum Gasteiger partial charge on any atom is -0.394 e. The standard InChI is InChI=1S/C16H15BrFN3O4/c17-10-3-1-2-9(6-10)13(23)16(5-4-11(8-22)25-16)21-7-12(18)14(19)20-15(21)24/h1-3,6-7,11,22H,4-5,8H2,(H2,19,20,24)/t11-,16-/m0/s1. The molecule has 1 fully saturated rings. The van der Waals surface area contributed by atoms with Gasteiger partial charge in [0.1, 0.15) is 0 Å². The van der Waals surface area contributed by atoms with Crippen LogP contribution in [0.3, 0.4) is 0 Å². The van der Waals surface area contributed by atoms with E-state index in [1.165, 1.54) is 0 Å². The zero-order valence-corrected chi connectivity index (χ0v) is 14.6. The zero-order valence-electron chi connectivity index (χ0n) is 13.0. The SMILES string of the molecule is Nc1nc(=O)n([C@@]2(C(=O)c3cccc(Br)c3)CC[C@@H](CO)O2)cc1F. The molecular formula is C16H15BrFN3O4. The number of carbonyl (C=O) groups is 1. The van der Waals surface area contributed by atoms with Gasteiger partial charge >= 0.3 is 5.69 Å². The first-order chi connectivity index (χ1) is 11.9. The Hall–Kier alpha value is -2.10. The number of aliphatic hydroxyl groups excluding tert-OH is 1. The minimum atomic E-state index is -1.78. The molecule has 1 aliphatic heterocycles. The molecule has 2 heterocycles. The molecule has 0 amide bonds.